The van der Waals surface area contributed by atoms with Crippen LogP contribution in [0.15, 0.2) is 18.2 Å². The third-order valence-corrected chi connectivity index (χ3v) is 5.19. The van der Waals surface area contributed by atoms with Gasteiger partial charge in [0, 0.05) is 12.1 Å². The van der Waals surface area contributed by atoms with Crippen molar-refractivity contribution in [3.63, 3.8) is 0 Å². The van der Waals surface area contributed by atoms with Crippen molar-refractivity contribution in [3.8, 4) is 0 Å². The van der Waals surface area contributed by atoms with E-state index in [9.17, 15) is 28.1 Å². The van der Waals surface area contributed by atoms with Gasteiger partial charge in [0.05, 0.1) is 10.5 Å². The molecule has 136 valence electrons. The summed E-state index contributed by atoms with van der Waals surface area (Å²) >= 11 is 0. The fourth-order valence-corrected chi connectivity index (χ4v) is 4.12. The first kappa shape index (κ1) is 17.5. The van der Waals surface area contributed by atoms with Crippen LogP contribution >= 0.6 is 0 Å². The molecular formula is C16H18F3N3O3. The molecule has 0 aromatic heterocycles. The molecule has 25 heavy (non-hydrogen) atoms. The van der Waals surface area contributed by atoms with E-state index in [1.807, 2.05) is 0 Å². The molecule has 3 atom stereocenters. The summed E-state index contributed by atoms with van der Waals surface area (Å²) < 4.78 is 38.7. The predicted molar refractivity (Wildman–Crippen MR) is 83.9 cm³/mol. The zero-order chi connectivity index (χ0) is 18.4. The monoisotopic (exact) mass is 357 g/mol. The van der Waals surface area contributed by atoms with Gasteiger partial charge in [-0.3, -0.25) is 14.9 Å². The molecule has 1 saturated carbocycles. The predicted octanol–water partition coefficient (Wildman–Crippen LogP) is 3.24. The molecule has 6 nitrogen and oxygen atoms in total. The minimum atomic E-state index is -4.68. The van der Waals surface area contributed by atoms with Crippen LogP contribution in [0.1, 0.15) is 37.7 Å². The molecule has 0 spiro atoms. The fraction of sp³-hybridized carbons (Fsp3) is 0.562. The van der Waals surface area contributed by atoms with Gasteiger partial charge in [-0.05, 0) is 37.3 Å². The first-order valence-corrected chi connectivity index (χ1v) is 8.13. The minimum absolute atomic E-state index is 0.0381. The van der Waals surface area contributed by atoms with Gasteiger partial charge < -0.3 is 10.6 Å². The Kier molecular flexibility index (Phi) is 4.34. The highest BCUT2D eigenvalue weighted by Crippen LogP contribution is 2.46. The van der Waals surface area contributed by atoms with Gasteiger partial charge in [0.25, 0.3) is 5.69 Å². The summed E-state index contributed by atoms with van der Waals surface area (Å²) in [5, 5.41) is 11.4. The first-order chi connectivity index (χ1) is 11.7. The van der Waals surface area contributed by atoms with Crippen LogP contribution in [-0.4, -0.2) is 22.9 Å². The Balaban J connectivity index is 2.09. The number of hydrogen-bond donors (Lipinski definition) is 1. The molecule has 1 saturated heterocycles. The Morgan fingerprint density at radius 1 is 1.28 bits per heavy atom. The topological polar surface area (TPSA) is 89.5 Å². The SMILES string of the molecule is NC(=O)[C@@H]1C[C@@H]2CCCC[C@H]2N1c1ccc(C(F)(F)F)cc1[N+](=O)[O-]. The van der Waals surface area contributed by atoms with Gasteiger partial charge in [0.2, 0.25) is 5.91 Å². The highest BCUT2D eigenvalue weighted by atomic mass is 19.4. The molecule has 2 aliphatic rings. The number of anilines is 1. The lowest BCUT2D eigenvalue weighted by Crippen LogP contribution is -2.45. The van der Waals surface area contributed by atoms with Gasteiger partial charge in [-0.2, -0.15) is 13.2 Å². The van der Waals surface area contributed by atoms with E-state index in [1.54, 1.807) is 4.90 Å². The second-order valence-electron chi connectivity index (χ2n) is 6.63. The number of primary amides is 1. The summed E-state index contributed by atoms with van der Waals surface area (Å²) in [7, 11) is 0. The van der Waals surface area contributed by atoms with Gasteiger partial charge in [-0.1, -0.05) is 12.8 Å². The smallest absolute Gasteiger partial charge is 0.368 e. The number of nitro benzene ring substituents is 1. The Morgan fingerprint density at radius 2 is 1.96 bits per heavy atom. The maximum Gasteiger partial charge on any atom is 0.416 e. The zero-order valence-corrected chi connectivity index (χ0v) is 13.3. The van der Waals surface area contributed by atoms with Gasteiger partial charge in [0.1, 0.15) is 11.7 Å². The normalized spacial score (nSPS) is 26.4. The number of benzene rings is 1. The summed E-state index contributed by atoms with van der Waals surface area (Å²) in [4.78, 5) is 24.0. The van der Waals surface area contributed by atoms with Gasteiger partial charge in [-0.25, -0.2) is 0 Å². The zero-order valence-electron chi connectivity index (χ0n) is 13.3. The Bertz CT molecular complexity index is 708. The number of fused-ring (bicyclic) bond motifs is 1. The molecule has 0 radical (unpaired) electrons. The number of carbonyl (C=O) groups excluding carboxylic acids is 1. The fourth-order valence-electron chi connectivity index (χ4n) is 4.12. The van der Waals surface area contributed by atoms with Crippen LogP contribution in [0.25, 0.3) is 0 Å². The van der Waals surface area contributed by atoms with Crippen molar-refractivity contribution < 1.29 is 22.9 Å². The van der Waals surface area contributed by atoms with Crippen LogP contribution in [0.4, 0.5) is 24.5 Å². The van der Waals surface area contributed by atoms with Crippen LogP contribution in [0.3, 0.4) is 0 Å². The number of nitrogens with zero attached hydrogens (tertiary/aromatic N) is 2. The van der Waals surface area contributed by atoms with E-state index in [-0.39, 0.29) is 17.6 Å². The molecule has 3 rings (SSSR count). The van der Waals surface area contributed by atoms with E-state index in [4.69, 9.17) is 5.73 Å². The molecule has 2 N–H and O–H groups in total. The molecule has 1 aromatic carbocycles. The van der Waals surface area contributed by atoms with Crippen molar-refractivity contribution >= 4 is 17.3 Å². The van der Waals surface area contributed by atoms with Crippen molar-refractivity contribution in [2.24, 2.45) is 11.7 Å². The average Bonchev–Trinajstić information content (AvgIpc) is 2.93. The molecule has 2 fully saturated rings. The lowest BCUT2D eigenvalue weighted by molar-refractivity contribution is -0.384. The molecule has 1 aliphatic carbocycles. The number of nitro groups is 1. The number of alkyl halides is 3. The first-order valence-electron chi connectivity index (χ1n) is 8.13. The van der Waals surface area contributed by atoms with E-state index in [0.717, 1.165) is 37.8 Å². The van der Waals surface area contributed by atoms with Gasteiger partial charge in [-0.15, -0.1) is 0 Å². The summed E-state index contributed by atoms with van der Waals surface area (Å²) in [6.07, 6.45) is -0.637. The molecule has 0 unspecified atom stereocenters. The minimum Gasteiger partial charge on any atom is -0.368 e. The standard InChI is InChI=1S/C16H18F3N3O3/c17-16(18,19)10-5-6-12(13(8-10)22(24)25)21-11-4-2-1-3-9(11)7-14(21)15(20)23/h5-6,8-9,11,14H,1-4,7H2,(H2,20,23)/t9-,11+,14-/m0/s1. The van der Waals surface area contributed by atoms with Crippen molar-refractivity contribution in [1.82, 2.24) is 0 Å². The van der Waals surface area contributed by atoms with Crippen molar-refractivity contribution in [2.45, 2.75) is 50.4 Å². The maximum atomic E-state index is 12.9. The van der Waals surface area contributed by atoms with Crippen LogP contribution in [0, 0.1) is 16.0 Å². The summed E-state index contributed by atoms with van der Waals surface area (Å²) in [6.45, 7) is 0. The van der Waals surface area contributed by atoms with Crippen LogP contribution in [0.5, 0.6) is 0 Å². The number of rotatable bonds is 3. The van der Waals surface area contributed by atoms with Gasteiger partial charge >= 0.3 is 6.18 Å². The second kappa shape index (κ2) is 6.20. The van der Waals surface area contributed by atoms with Gasteiger partial charge in [0.15, 0.2) is 0 Å². The van der Waals surface area contributed by atoms with E-state index in [1.165, 1.54) is 0 Å². The summed E-state index contributed by atoms with van der Waals surface area (Å²) in [6, 6.07) is 1.60. The maximum absolute atomic E-state index is 12.9. The Hall–Kier alpha value is -2.32. The molecule has 1 aliphatic heterocycles. The molecule has 1 aromatic rings. The Labute approximate surface area is 141 Å². The highest BCUT2D eigenvalue weighted by molar-refractivity contribution is 5.86. The molecule has 1 amide bonds. The van der Waals surface area contributed by atoms with Crippen LogP contribution in [-0.2, 0) is 11.0 Å². The van der Waals surface area contributed by atoms with E-state index < -0.39 is 34.3 Å². The summed E-state index contributed by atoms with van der Waals surface area (Å²) in [5.74, 6) is -0.434. The number of carbonyl (C=O) groups is 1. The van der Waals surface area contributed by atoms with E-state index >= 15 is 0 Å². The number of hydrogen-bond acceptors (Lipinski definition) is 4. The third kappa shape index (κ3) is 3.14. The number of amides is 1. The molecular weight excluding hydrogens is 339 g/mol. The third-order valence-electron chi connectivity index (χ3n) is 5.19. The lowest BCUT2D eigenvalue weighted by atomic mass is 9.84. The number of nitrogens with two attached hydrogens (primary N) is 1. The average molecular weight is 357 g/mol. The largest absolute Gasteiger partial charge is 0.416 e. The molecule has 1 heterocycles. The second-order valence-corrected chi connectivity index (χ2v) is 6.63. The molecule has 0 bridgehead atoms. The van der Waals surface area contributed by atoms with Crippen LogP contribution in [0.2, 0.25) is 0 Å². The van der Waals surface area contributed by atoms with Crippen molar-refractivity contribution in [2.75, 3.05) is 4.90 Å². The number of halogens is 3. The quantitative estimate of drug-likeness (QED) is 0.664. The van der Waals surface area contributed by atoms with Crippen molar-refractivity contribution in [1.29, 1.82) is 0 Å². The van der Waals surface area contributed by atoms with Crippen molar-refractivity contribution in [3.05, 3.63) is 33.9 Å². The highest BCUT2D eigenvalue weighted by Gasteiger charge is 2.46. The molecule has 9 heteroatoms. The summed E-state index contributed by atoms with van der Waals surface area (Å²) in [5.41, 5.74) is 3.78. The Morgan fingerprint density at radius 3 is 2.56 bits per heavy atom. The van der Waals surface area contributed by atoms with E-state index in [2.05, 4.69) is 0 Å². The lowest BCUT2D eigenvalue weighted by Gasteiger charge is -2.34. The van der Waals surface area contributed by atoms with Crippen LogP contribution < -0.4 is 10.6 Å². The van der Waals surface area contributed by atoms with E-state index in [0.29, 0.717) is 12.5 Å².